The summed E-state index contributed by atoms with van der Waals surface area (Å²) in [7, 11) is 1.81. The van der Waals surface area contributed by atoms with Crippen LogP contribution in [0.4, 0.5) is 5.69 Å². The lowest BCUT2D eigenvalue weighted by atomic mass is 9.93. The van der Waals surface area contributed by atoms with Crippen LogP contribution in [0.15, 0.2) is 29.4 Å². The second kappa shape index (κ2) is 5.87. The summed E-state index contributed by atoms with van der Waals surface area (Å²) >= 11 is 0. The molecule has 0 radical (unpaired) electrons. The fourth-order valence-electron chi connectivity index (χ4n) is 3.63. The van der Waals surface area contributed by atoms with Crippen molar-refractivity contribution < 1.29 is 19.2 Å². The largest absolute Gasteiger partial charge is 0.381 e. The third kappa shape index (κ3) is 2.40. The van der Waals surface area contributed by atoms with Crippen molar-refractivity contribution in [3.8, 4) is 0 Å². The highest BCUT2D eigenvalue weighted by Gasteiger charge is 2.56. The van der Waals surface area contributed by atoms with Crippen molar-refractivity contribution in [2.24, 2.45) is 18.1 Å². The minimum Gasteiger partial charge on any atom is -0.381 e. The molecule has 1 aromatic carbocycles. The molecule has 0 aliphatic carbocycles. The van der Waals surface area contributed by atoms with Gasteiger partial charge in [0, 0.05) is 23.9 Å². The Morgan fingerprint density at radius 1 is 1.11 bits per heavy atom. The van der Waals surface area contributed by atoms with Gasteiger partial charge in [-0.2, -0.15) is 5.10 Å². The lowest BCUT2D eigenvalue weighted by Gasteiger charge is -2.15. The maximum atomic E-state index is 13.1. The first-order chi connectivity index (χ1) is 12.8. The van der Waals surface area contributed by atoms with Crippen LogP contribution in [-0.2, 0) is 21.5 Å². The van der Waals surface area contributed by atoms with Gasteiger partial charge in [0.05, 0.1) is 11.4 Å². The molecule has 1 fully saturated rings. The zero-order valence-corrected chi connectivity index (χ0v) is 15.4. The van der Waals surface area contributed by atoms with E-state index < -0.39 is 17.9 Å². The number of rotatable bonds is 3. The number of aryl methyl sites for hydroxylation is 2. The molecular weight excluding hydrogens is 348 g/mol. The van der Waals surface area contributed by atoms with Crippen LogP contribution >= 0.6 is 0 Å². The Bertz CT molecular complexity index is 1020. The Hall–Kier alpha value is -3.29. The van der Waals surface area contributed by atoms with Gasteiger partial charge in [0.1, 0.15) is 11.6 Å². The van der Waals surface area contributed by atoms with Crippen LogP contribution in [0.1, 0.15) is 34.2 Å². The third-order valence-electron chi connectivity index (χ3n) is 5.11. The summed E-state index contributed by atoms with van der Waals surface area (Å²) in [5.41, 5.74) is 3.66. The molecule has 2 aliphatic rings. The lowest BCUT2D eigenvalue weighted by molar-refractivity contribution is -0.126. The molecule has 0 unspecified atom stereocenters. The number of Topliss-reactive ketones (excluding diaryl/α,β-unsaturated/α-hetero) is 1. The van der Waals surface area contributed by atoms with E-state index in [-0.39, 0.29) is 11.7 Å². The molecule has 0 N–H and O–H groups in total. The molecule has 8 nitrogen and oxygen atoms in total. The molecule has 1 aromatic heterocycles. The number of anilines is 1. The first kappa shape index (κ1) is 17.1. The van der Waals surface area contributed by atoms with E-state index in [2.05, 4.69) is 10.3 Å². The molecule has 4 rings (SSSR count). The van der Waals surface area contributed by atoms with Gasteiger partial charge in [0.25, 0.3) is 5.91 Å². The maximum Gasteiger partial charge on any atom is 0.278 e. The van der Waals surface area contributed by atoms with E-state index in [4.69, 9.17) is 4.84 Å². The summed E-state index contributed by atoms with van der Waals surface area (Å²) in [4.78, 5) is 43.8. The number of amides is 2. The highest BCUT2D eigenvalue weighted by Crippen LogP contribution is 2.36. The lowest BCUT2D eigenvalue weighted by Crippen LogP contribution is -2.33. The smallest absolute Gasteiger partial charge is 0.278 e. The van der Waals surface area contributed by atoms with Crippen LogP contribution in [0.2, 0.25) is 0 Å². The number of imide groups is 1. The number of nitrogens with zero attached hydrogens (tertiary/aromatic N) is 4. The highest BCUT2D eigenvalue weighted by atomic mass is 16.6. The van der Waals surface area contributed by atoms with E-state index in [0.717, 1.165) is 21.9 Å². The van der Waals surface area contributed by atoms with E-state index in [1.165, 1.54) is 6.92 Å². The zero-order valence-electron chi connectivity index (χ0n) is 15.4. The summed E-state index contributed by atoms with van der Waals surface area (Å²) < 4.78 is 1.71. The number of oxime groups is 1. The molecule has 2 aromatic rings. The topological polar surface area (TPSA) is 93.9 Å². The van der Waals surface area contributed by atoms with Crippen LogP contribution in [-0.4, -0.2) is 39.2 Å². The second-order valence-corrected chi connectivity index (χ2v) is 6.76. The van der Waals surface area contributed by atoms with E-state index in [0.29, 0.717) is 17.0 Å². The van der Waals surface area contributed by atoms with Crippen molar-refractivity contribution >= 4 is 29.0 Å². The van der Waals surface area contributed by atoms with Crippen molar-refractivity contribution in [2.45, 2.75) is 26.9 Å². The molecule has 2 atom stereocenters. The summed E-state index contributed by atoms with van der Waals surface area (Å²) in [6.07, 6.45) is -0.973. The molecule has 2 amide bonds. The van der Waals surface area contributed by atoms with Gasteiger partial charge in [-0.25, -0.2) is 4.90 Å². The fraction of sp³-hybridized carbons (Fsp3) is 0.316. The van der Waals surface area contributed by atoms with Crippen molar-refractivity contribution in [3.63, 3.8) is 0 Å². The summed E-state index contributed by atoms with van der Waals surface area (Å²) in [6, 6.07) is 6.37. The van der Waals surface area contributed by atoms with Crippen molar-refractivity contribution in [3.05, 3.63) is 46.8 Å². The number of aromatic nitrogens is 2. The highest BCUT2D eigenvalue weighted by molar-refractivity contribution is 6.32. The van der Waals surface area contributed by atoms with Crippen LogP contribution in [0.25, 0.3) is 0 Å². The first-order valence-corrected chi connectivity index (χ1v) is 8.54. The van der Waals surface area contributed by atoms with E-state index in [1.54, 1.807) is 28.9 Å². The molecule has 27 heavy (non-hydrogen) atoms. The third-order valence-corrected chi connectivity index (χ3v) is 5.11. The Morgan fingerprint density at radius 2 is 1.78 bits per heavy atom. The van der Waals surface area contributed by atoms with Gasteiger partial charge in [-0.15, -0.1) is 0 Å². The second-order valence-electron chi connectivity index (χ2n) is 6.76. The standard InChI is InChI=1S/C19H18N4O4/c1-9-14(10(2)22(4)20-9)16-15-17(27-21-16)19(26)23(18(15)25)13-7-5-12(6-8-13)11(3)24/h5-8,15,17H,1-4H3/t15-,17-/m1/s1. The maximum absolute atomic E-state index is 13.1. The van der Waals surface area contributed by atoms with E-state index >= 15 is 0 Å². The normalized spacial score (nSPS) is 21.3. The van der Waals surface area contributed by atoms with E-state index in [1.807, 2.05) is 20.9 Å². The Morgan fingerprint density at radius 3 is 2.33 bits per heavy atom. The minimum atomic E-state index is -0.973. The molecule has 2 aliphatic heterocycles. The predicted octanol–water partition coefficient (Wildman–Crippen LogP) is 1.53. The number of carbonyl (C=O) groups excluding carboxylic acids is 3. The van der Waals surface area contributed by atoms with Crippen LogP contribution in [0, 0.1) is 19.8 Å². The first-order valence-electron chi connectivity index (χ1n) is 8.54. The average molecular weight is 366 g/mol. The molecular formula is C19H18N4O4. The molecule has 1 saturated heterocycles. The van der Waals surface area contributed by atoms with Gasteiger partial charge >= 0.3 is 0 Å². The predicted molar refractivity (Wildman–Crippen MR) is 96.5 cm³/mol. The quantitative estimate of drug-likeness (QED) is 0.607. The number of carbonyl (C=O) groups is 3. The minimum absolute atomic E-state index is 0.0854. The van der Waals surface area contributed by atoms with Gasteiger partial charge in [0.2, 0.25) is 12.0 Å². The SMILES string of the molecule is CC(=O)c1ccc(N2C(=O)[C@@H]3C(c4c(C)nn(C)c4C)=NO[C@H]3C2=O)cc1. The molecule has 138 valence electrons. The Labute approximate surface area is 155 Å². The van der Waals surface area contributed by atoms with Gasteiger partial charge in [-0.3, -0.25) is 19.1 Å². The van der Waals surface area contributed by atoms with Crippen LogP contribution in [0.3, 0.4) is 0 Å². The van der Waals surface area contributed by atoms with E-state index in [9.17, 15) is 14.4 Å². The number of fused-ring (bicyclic) bond motifs is 1. The Kier molecular flexibility index (Phi) is 3.73. The number of hydrogen-bond acceptors (Lipinski definition) is 6. The average Bonchev–Trinajstić information content (AvgIpc) is 3.23. The zero-order chi connectivity index (χ0) is 19.5. The molecule has 0 spiro atoms. The van der Waals surface area contributed by atoms with Crippen molar-refractivity contribution in [1.29, 1.82) is 0 Å². The number of ketones is 1. The Balaban J connectivity index is 1.71. The number of hydrogen-bond donors (Lipinski definition) is 0. The molecule has 3 heterocycles. The van der Waals surface area contributed by atoms with Crippen molar-refractivity contribution in [2.75, 3.05) is 4.90 Å². The number of benzene rings is 1. The summed E-state index contributed by atoms with van der Waals surface area (Å²) in [5, 5.41) is 8.40. The van der Waals surface area contributed by atoms with Crippen LogP contribution < -0.4 is 4.90 Å². The fourth-order valence-corrected chi connectivity index (χ4v) is 3.63. The summed E-state index contributed by atoms with van der Waals surface area (Å²) in [6.45, 7) is 5.17. The van der Waals surface area contributed by atoms with Crippen LogP contribution in [0.5, 0.6) is 0 Å². The van der Waals surface area contributed by atoms with Crippen molar-refractivity contribution in [1.82, 2.24) is 9.78 Å². The molecule has 8 heteroatoms. The van der Waals surface area contributed by atoms with Gasteiger partial charge in [-0.1, -0.05) is 5.16 Å². The van der Waals surface area contributed by atoms with Gasteiger partial charge < -0.3 is 4.84 Å². The molecule has 0 bridgehead atoms. The monoisotopic (exact) mass is 366 g/mol. The van der Waals surface area contributed by atoms with Gasteiger partial charge in [0.15, 0.2) is 5.78 Å². The molecule has 0 saturated carbocycles. The summed E-state index contributed by atoms with van der Waals surface area (Å²) in [5.74, 6) is -1.73. The van der Waals surface area contributed by atoms with Gasteiger partial charge in [-0.05, 0) is 45.0 Å².